The van der Waals surface area contributed by atoms with E-state index in [1.54, 1.807) is 6.07 Å². The highest BCUT2D eigenvalue weighted by atomic mass is 35.5. The van der Waals surface area contributed by atoms with Crippen LogP contribution in [0.25, 0.3) is 0 Å². The van der Waals surface area contributed by atoms with E-state index in [1.165, 1.54) is 6.07 Å². The molecular weight excluding hydrogens is 189 g/mol. The van der Waals surface area contributed by atoms with Gasteiger partial charge in [-0.3, -0.25) is 0 Å². The van der Waals surface area contributed by atoms with Crippen LogP contribution >= 0.6 is 11.6 Å². The van der Waals surface area contributed by atoms with Crippen LogP contribution in [0.15, 0.2) is 12.1 Å². The number of halogens is 2. The summed E-state index contributed by atoms with van der Waals surface area (Å²) in [5.74, 6) is -0.363. The highest BCUT2D eigenvalue weighted by Crippen LogP contribution is 2.34. The molecule has 1 aromatic carbocycles. The standard InChI is InChI=1S/C10H11ClFN/c11-10-7(12)5-4-6-2-1-3-8(13)9(6)10/h4-5,8H,1-3,13H2. The van der Waals surface area contributed by atoms with Crippen LogP contribution in [0.5, 0.6) is 0 Å². The van der Waals surface area contributed by atoms with Crippen molar-refractivity contribution in [3.63, 3.8) is 0 Å². The van der Waals surface area contributed by atoms with Gasteiger partial charge in [0.15, 0.2) is 0 Å². The third-order valence-electron chi connectivity index (χ3n) is 2.55. The Kier molecular flexibility index (Phi) is 2.26. The van der Waals surface area contributed by atoms with E-state index in [0.29, 0.717) is 0 Å². The van der Waals surface area contributed by atoms with E-state index in [-0.39, 0.29) is 16.9 Å². The van der Waals surface area contributed by atoms with E-state index >= 15 is 0 Å². The third kappa shape index (κ3) is 1.45. The number of hydrogen-bond donors (Lipinski definition) is 1. The van der Waals surface area contributed by atoms with Gasteiger partial charge >= 0.3 is 0 Å². The van der Waals surface area contributed by atoms with Gasteiger partial charge in [0.2, 0.25) is 0 Å². The molecule has 0 radical (unpaired) electrons. The molecule has 1 aliphatic carbocycles. The van der Waals surface area contributed by atoms with Gasteiger partial charge in [-0.1, -0.05) is 17.7 Å². The molecule has 0 heterocycles. The summed E-state index contributed by atoms with van der Waals surface area (Å²) in [5.41, 5.74) is 7.78. The summed E-state index contributed by atoms with van der Waals surface area (Å²) in [6.45, 7) is 0. The summed E-state index contributed by atoms with van der Waals surface area (Å²) in [7, 11) is 0. The molecule has 0 spiro atoms. The van der Waals surface area contributed by atoms with Gasteiger partial charge in [-0.15, -0.1) is 0 Å². The molecule has 1 unspecified atom stereocenters. The zero-order valence-corrected chi connectivity index (χ0v) is 7.94. The first-order chi connectivity index (χ1) is 6.20. The van der Waals surface area contributed by atoms with Gasteiger partial charge in [0, 0.05) is 6.04 Å². The molecule has 1 nitrogen and oxygen atoms in total. The second kappa shape index (κ2) is 3.28. The minimum absolute atomic E-state index is 0.0908. The Bertz CT molecular complexity index is 338. The lowest BCUT2D eigenvalue weighted by molar-refractivity contribution is 0.557. The van der Waals surface area contributed by atoms with E-state index in [1.807, 2.05) is 0 Å². The Morgan fingerprint density at radius 1 is 1.46 bits per heavy atom. The topological polar surface area (TPSA) is 26.0 Å². The molecule has 13 heavy (non-hydrogen) atoms. The Hall–Kier alpha value is -0.600. The predicted molar refractivity (Wildman–Crippen MR) is 51.3 cm³/mol. The molecule has 0 fully saturated rings. The van der Waals surface area contributed by atoms with E-state index < -0.39 is 0 Å². The normalized spacial score (nSPS) is 21.3. The van der Waals surface area contributed by atoms with Crippen molar-refractivity contribution in [2.75, 3.05) is 0 Å². The van der Waals surface area contributed by atoms with Crippen LogP contribution in [0.4, 0.5) is 4.39 Å². The van der Waals surface area contributed by atoms with Gasteiger partial charge in [0.25, 0.3) is 0 Å². The van der Waals surface area contributed by atoms with Gasteiger partial charge in [-0.05, 0) is 36.5 Å². The largest absolute Gasteiger partial charge is 0.324 e. The van der Waals surface area contributed by atoms with Crippen molar-refractivity contribution in [1.29, 1.82) is 0 Å². The molecule has 1 aliphatic rings. The quantitative estimate of drug-likeness (QED) is 0.683. The lowest BCUT2D eigenvalue weighted by Crippen LogP contribution is -2.18. The summed E-state index contributed by atoms with van der Waals surface area (Å²) in [6.07, 6.45) is 2.93. The molecule has 0 aliphatic heterocycles. The monoisotopic (exact) mass is 199 g/mol. The SMILES string of the molecule is NC1CCCc2ccc(F)c(Cl)c21. The van der Waals surface area contributed by atoms with Crippen molar-refractivity contribution in [3.8, 4) is 0 Å². The number of rotatable bonds is 0. The van der Waals surface area contributed by atoms with Gasteiger partial charge in [-0.2, -0.15) is 0 Å². The van der Waals surface area contributed by atoms with E-state index in [4.69, 9.17) is 17.3 Å². The van der Waals surface area contributed by atoms with Gasteiger partial charge < -0.3 is 5.73 Å². The molecule has 2 rings (SSSR count). The minimum atomic E-state index is -0.363. The molecule has 2 N–H and O–H groups in total. The Morgan fingerprint density at radius 2 is 2.23 bits per heavy atom. The predicted octanol–water partition coefficient (Wildman–Crippen LogP) is 2.82. The summed E-state index contributed by atoms with van der Waals surface area (Å²) in [5, 5.41) is 0.213. The zero-order chi connectivity index (χ0) is 9.42. The lowest BCUT2D eigenvalue weighted by atomic mass is 9.88. The van der Waals surface area contributed by atoms with Gasteiger partial charge in [0.1, 0.15) is 5.82 Å². The second-order valence-electron chi connectivity index (χ2n) is 3.43. The molecule has 70 valence electrons. The average Bonchev–Trinajstić information content (AvgIpc) is 2.12. The minimum Gasteiger partial charge on any atom is -0.324 e. The number of nitrogens with two attached hydrogens (primary N) is 1. The fraction of sp³-hybridized carbons (Fsp3) is 0.400. The van der Waals surface area contributed by atoms with Crippen LogP contribution in [0.1, 0.15) is 30.0 Å². The first-order valence-corrected chi connectivity index (χ1v) is 4.80. The molecule has 3 heteroatoms. The molecule has 0 saturated heterocycles. The molecule has 1 atom stereocenters. The lowest BCUT2D eigenvalue weighted by Gasteiger charge is -2.23. The first-order valence-electron chi connectivity index (χ1n) is 4.42. The summed E-state index contributed by atoms with van der Waals surface area (Å²) in [6, 6.07) is 3.11. The second-order valence-corrected chi connectivity index (χ2v) is 3.81. The number of fused-ring (bicyclic) bond motifs is 1. The molecular formula is C10H11ClFN. The van der Waals surface area contributed by atoms with Crippen LogP contribution in [0.2, 0.25) is 5.02 Å². The highest BCUT2D eigenvalue weighted by molar-refractivity contribution is 6.31. The van der Waals surface area contributed by atoms with Crippen molar-refractivity contribution < 1.29 is 4.39 Å². The van der Waals surface area contributed by atoms with Crippen LogP contribution < -0.4 is 5.73 Å². The smallest absolute Gasteiger partial charge is 0.142 e. The Morgan fingerprint density at radius 3 is 3.00 bits per heavy atom. The fourth-order valence-electron chi connectivity index (χ4n) is 1.88. The summed E-state index contributed by atoms with van der Waals surface area (Å²) >= 11 is 5.85. The maximum atomic E-state index is 13.1. The molecule has 0 bridgehead atoms. The highest BCUT2D eigenvalue weighted by Gasteiger charge is 2.21. The number of aryl methyl sites for hydroxylation is 1. The Labute approximate surface area is 81.7 Å². The summed E-state index contributed by atoms with van der Waals surface area (Å²) in [4.78, 5) is 0. The maximum Gasteiger partial charge on any atom is 0.142 e. The van der Waals surface area contributed by atoms with Crippen LogP contribution in [0.3, 0.4) is 0 Å². The van der Waals surface area contributed by atoms with Crippen LogP contribution in [-0.4, -0.2) is 0 Å². The summed E-state index contributed by atoms with van der Waals surface area (Å²) < 4.78 is 13.1. The molecule has 1 aromatic rings. The van der Waals surface area contributed by atoms with Crippen molar-refractivity contribution in [1.82, 2.24) is 0 Å². The molecule has 0 saturated carbocycles. The molecule has 0 aromatic heterocycles. The maximum absolute atomic E-state index is 13.1. The van der Waals surface area contributed by atoms with Crippen molar-refractivity contribution in [2.24, 2.45) is 5.73 Å². The number of benzene rings is 1. The van der Waals surface area contributed by atoms with Crippen molar-refractivity contribution >= 4 is 11.6 Å². The van der Waals surface area contributed by atoms with E-state index in [2.05, 4.69) is 0 Å². The Balaban J connectivity index is 2.58. The fourth-order valence-corrected chi connectivity index (χ4v) is 2.21. The number of hydrogen-bond acceptors (Lipinski definition) is 1. The third-order valence-corrected chi connectivity index (χ3v) is 2.94. The molecule has 0 amide bonds. The van der Waals surface area contributed by atoms with E-state index in [9.17, 15) is 4.39 Å². The van der Waals surface area contributed by atoms with Gasteiger partial charge in [0.05, 0.1) is 5.02 Å². The first kappa shape index (κ1) is 8.97. The van der Waals surface area contributed by atoms with E-state index in [0.717, 1.165) is 30.4 Å². The van der Waals surface area contributed by atoms with Crippen molar-refractivity contribution in [3.05, 3.63) is 34.1 Å². The zero-order valence-electron chi connectivity index (χ0n) is 7.19. The van der Waals surface area contributed by atoms with Crippen molar-refractivity contribution in [2.45, 2.75) is 25.3 Å². The average molecular weight is 200 g/mol. The van der Waals surface area contributed by atoms with Crippen LogP contribution in [-0.2, 0) is 6.42 Å². The van der Waals surface area contributed by atoms with Crippen LogP contribution in [0, 0.1) is 5.82 Å². The van der Waals surface area contributed by atoms with Gasteiger partial charge in [-0.25, -0.2) is 4.39 Å².